The number of ether oxygens (including phenoxy) is 1. The van der Waals surface area contributed by atoms with Crippen molar-refractivity contribution < 1.29 is 14.3 Å². The van der Waals surface area contributed by atoms with E-state index in [0.29, 0.717) is 24.6 Å². The number of aliphatic imine (C=N–C) groups is 1. The fourth-order valence-electron chi connectivity index (χ4n) is 4.06. The maximum Gasteiger partial charge on any atom is 0.338 e. The van der Waals surface area contributed by atoms with Crippen LogP contribution in [0.5, 0.6) is 0 Å². The molecule has 1 saturated heterocycles. The highest BCUT2D eigenvalue weighted by Crippen LogP contribution is 2.27. The monoisotopic (exact) mass is 400 g/mol. The highest BCUT2D eigenvalue weighted by Gasteiger charge is 2.32. The number of likely N-dealkylation sites (tertiary alicyclic amines) is 1. The number of carbonyl (C=O) groups excluding carboxylic acids is 2. The van der Waals surface area contributed by atoms with Crippen LogP contribution in [0.15, 0.2) is 29.3 Å². The Labute approximate surface area is 172 Å². The second-order valence-electron chi connectivity index (χ2n) is 7.74. The summed E-state index contributed by atoms with van der Waals surface area (Å²) in [6.45, 7) is 4.32. The first-order valence-electron chi connectivity index (χ1n) is 10.6. The van der Waals surface area contributed by atoms with E-state index in [4.69, 9.17) is 4.74 Å². The van der Waals surface area contributed by atoms with E-state index in [-0.39, 0.29) is 17.9 Å². The minimum absolute atomic E-state index is 0.220. The van der Waals surface area contributed by atoms with E-state index in [0.717, 1.165) is 43.9 Å². The largest absolute Gasteiger partial charge is 0.462 e. The van der Waals surface area contributed by atoms with Gasteiger partial charge in [0.2, 0.25) is 5.91 Å². The molecule has 1 aromatic carbocycles. The number of benzene rings is 1. The van der Waals surface area contributed by atoms with Gasteiger partial charge in [0.1, 0.15) is 0 Å². The Morgan fingerprint density at radius 3 is 2.55 bits per heavy atom. The summed E-state index contributed by atoms with van der Waals surface area (Å²) in [7, 11) is 1.75. The predicted octanol–water partition coefficient (Wildman–Crippen LogP) is 2.32. The van der Waals surface area contributed by atoms with Gasteiger partial charge in [0, 0.05) is 38.6 Å². The lowest BCUT2D eigenvalue weighted by atomic mass is 10.1. The van der Waals surface area contributed by atoms with Crippen molar-refractivity contribution in [1.82, 2.24) is 15.5 Å². The van der Waals surface area contributed by atoms with Crippen LogP contribution in [-0.4, -0.2) is 55.5 Å². The van der Waals surface area contributed by atoms with Crippen LogP contribution in [0.3, 0.4) is 0 Å². The molecule has 2 aliphatic rings. The molecule has 1 atom stereocenters. The fraction of sp³-hybridized carbons (Fsp3) is 0.591. The van der Waals surface area contributed by atoms with Gasteiger partial charge in [0.15, 0.2) is 5.96 Å². The van der Waals surface area contributed by atoms with E-state index in [9.17, 15) is 9.59 Å². The molecule has 1 unspecified atom stereocenters. The van der Waals surface area contributed by atoms with Crippen LogP contribution in [0, 0.1) is 5.92 Å². The van der Waals surface area contributed by atoms with Crippen molar-refractivity contribution in [2.45, 2.75) is 51.6 Å². The number of guanidine groups is 1. The Morgan fingerprint density at radius 2 is 1.90 bits per heavy atom. The summed E-state index contributed by atoms with van der Waals surface area (Å²) in [5.41, 5.74) is 1.60. The lowest BCUT2D eigenvalue weighted by Crippen LogP contribution is -2.45. The number of amides is 1. The summed E-state index contributed by atoms with van der Waals surface area (Å²) in [5.74, 6) is 0.988. The molecule has 1 amide bonds. The summed E-state index contributed by atoms with van der Waals surface area (Å²) in [6, 6.07) is 7.58. The van der Waals surface area contributed by atoms with E-state index < -0.39 is 0 Å². The first-order chi connectivity index (χ1) is 14.1. The van der Waals surface area contributed by atoms with Gasteiger partial charge in [-0.2, -0.15) is 0 Å². The van der Waals surface area contributed by atoms with Gasteiger partial charge in [-0.05, 0) is 43.9 Å². The smallest absolute Gasteiger partial charge is 0.338 e. The lowest BCUT2D eigenvalue weighted by Gasteiger charge is -2.21. The minimum atomic E-state index is -0.303. The third-order valence-electron chi connectivity index (χ3n) is 5.69. The van der Waals surface area contributed by atoms with Crippen molar-refractivity contribution in [3.8, 4) is 0 Å². The summed E-state index contributed by atoms with van der Waals surface area (Å²) in [6.07, 6.45) is 5.40. The number of hydrogen-bond donors (Lipinski definition) is 2. The molecule has 1 aliphatic heterocycles. The van der Waals surface area contributed by atoms with Crippen molar-refractivity contribution in [3.05, 3.63) is 35.4 Å². The van der Waals surface area contributed by atoms with Gasteiger partial charge in [-0.1, -0.05) is 25.0 Å². The van der Waals surface area contributed by atoms with Crippen molar-refractivity contribution in [2.24, 2.45) is 10.9 Å². The highest BCUT2D eigenvalue weighted by molar-refractivity contribution is 5.89. The van der Waals surface area contributed by atoms with Crippen LogP contribution in [0.4, 0.5) is 0 Å². The third kappa shape index (κ3) is 5.71. The van der Waals surface area contributed by atoms with Gasteiger partial charge in [0.25, 0.3) is 0 Å². The fourth-order valence-corrected chi connectivity index (χ4v) is 4.06. The Bertz CT molecular complexity index is 726. The number of rotatable bonds is 6. The zero-order valence-corrected chi connectivity index (χ0v) is 17.4. The molecule has 0 spiro atoms. The number of esters is 1. The van der Waals surface area contributed by atoms with Crippen LogP contribution in [0.2, 0.25) is 0 Å². The Morgan fingerprint density at radius 1 is 1.17 bits per heavy atom. The SMILES string of the molecule is CCOC(=O)c1ccc(CNC(=NC)NC2CCN(C(=O)C3CCCC3)C2)cc1. The first-order valence-corrected chi connectivity index (χ1v) is 10.6. The maximum atomic E-state index is 12.6. The maximum absolute atomic E-state index is 12.6. The average Bonchev–Trinajstić information content (AvgIpc) is 3.43. The van der Waals surface area contributed by atoms with Gasteiger partial charge in [0.05, 0.1) is 12.2 Å². The number of nitrogens with zero attached hydrogens (tertiary/aromatic N) is 2. The second kappa shape index (κ2) is 10.3. The molecule has 0 bridgehead atoms. The summed E-state index contributed by atoms with van der Waals surface area (Å²) >= 11 is 0. The standard InChI is InChI=1S/C22H32N4O3/c1-3-29-21(28)18-10-8-16(9-11-18)14-24-22(23-2)25-19-12-13-26(15-19)20(27)17-6-4-5-7-17/h8-11,17,19H,3-7,12-15H2,1-2H3,(H2,23,24,25). The highest BCUT2D eigenvalue weighted by atomic mass is 16.5. The normalized spacial score (nSPS) is 20.0. The van der Waals surface area contributed by atoms with Crippen molar-refractivity contribution in [2.75, 3.05) is 26.7 Å². The van der Waals surface area contributed by atoms with E-state index in [1.54, 1.807) is 26.1 Å². The molecule has 2 N–H and O–H groups in total. The van der Waals surface area contributed by atoms with Gasteiger partial charge < -0.3 is 20.3 Å². The van der Waals surface area contributed by atoms with Gasteiger partial charge in [-0.3, -0.25) is 9.79 Å². The molecule has 1 aliphatic carbocycles. The topological polar surface area (TPSA) is 83.0 Å². The van der Waals surface area contributed by atoms with Crippen LogP contribution in [0.25, 0.3) is 0 Å². The molecule has 1 saturated carbocycles. The molecule has 29 heavy (non-hydrogen) atoms. The third-order valence-corrected chi connectivity index (χ3v) is 5.69. The predicted molar refractivity (Wildman–Crippen MR) is 113 cm³/mol. The Hall–Kier alpha value is -2.57. The van der Waals surface area contributed by atoms with Gasteiger partial charge >= 0.3 is 5.97 Å². The molecule has 1 aromatic rings. The van der Waals surface area contributed by atoms with Crippen LogP contribution in [0.1, 0.15) is 54.9 Å². The minimum Gasteiger partial charge on any atom is -0.462 e. The van der Waals surface area contributed by atoms with Crippen LogP contribution in [-0.2, 0) is 16.1 Å². The second-order valence-corrected chi connectivity index (χ2v) is 7.74. The summed E-state index contributed by atoms with van der Waals surface area (Å²) < 4.78 is 5.00. The van der Waals surface area contributed by atoms with Crippen molar-refractivity contribution in [1.29, 1.82) is 0 Å². The molecule has 7 heteroatoms. The van der Waals surface area contributed by atoms with E-state index in [1.807, 2.05) is 17.0 Å². The molecule has 2 fully saturated rings. The first kappa shape index (κ1) is 21.1. The molecule has 1 heterocycles. The van der Waals surface area contributed by atoms with E-state index >= 15 is 0 Å². The van der Waals surface area contributed by atoms with E-state index in [1.165, 1.54) is 12.8 Å². The van der Waals surface area contributed by atoms with Crippen LogP contribution < -0.4 is 10.6 Å². The molecule has 0 aromatic heterocycles. The number of nitrogens with one attached hydrogen (secondary N) is 2. The number of hydrogen-bond acceptors (Lipinski definition) is 4. The Balaban J connectivity index is 1.45. The van der Waals surface area contributed by atoms with Crippen molar-refractivity contribution >= 4 is 17.8 Å². The molecular weight excluding hydrogens is 368 g/mol. The number of carbonyl (C=O) groups is 2. The molecule has 0 radical (unpaired) electrons. The molecule has 7 nitrogen and oxygen atoms in total. The molecule has 3 rings (SSSR count). The zero-order valence-electron chi connectivity index (χ0n) is 17.4. The average molecular weight is 401 g/mol. The van der Waals surface area contributed by atoms with Crippen molar-refractivity contribution in [3.63, 3.8) is 0 Å². The lowest BCUT2D eigenvalue weighted by molar-refractivity contribution is -0.134. The zero-order chi connectivity index (χ0) is 20.6. The quantitative estimate of drug-likeness (QED) is 0.435. The summed E-state index contributed by atoms with van der Waals surface area (Å²) in [4.78, 5) is 30.6. The van der Waals surface area contributed by atoms with Gasteiger partial charge in [-0.25, -0.2) is 4.79 Å². The Kier molecular flexibility index (Phi) is 7.49. The van der Waals surface area contributed by atoms with Crippen LogP contribution >= 0.6 is 0 Å². The molecule has 158 valence electrons. The summed E-state index contributed by atoms with van der Waals surface area (Å²) in [5, 5.41) is 6.73. The molecular formula is C22H32N4O3. The van der Waals surface area contributed by atoms with Gasteiger partial charge in [-0.15, -0.1) is 0 Å². The van der Waals surface area contributed by atoms with E-state index in [2.05, 4.69) is 15.6 Å².